The maximum atomic E-state index is 11.7. The molecule has 1 aliphatic heterocycles. The third kappa shape index (κ3) is 6.74. The van der Waals surface area contributed by atoms with Gasteiger partial charge < -0.3 is 10.6 Å². The second-order valence-electron chi connectivity index (χ2n) is 6.00. The Balaban J connectivity index is 0.00000312. The van der Waals surface area contributed by atoms with Gasteiger partial charge in [-0.2, -0.15) is 5.10 Å². The Labute approximate surface area is 167 Å². The highest BCUT2D eigenvalue weighted by Crippen LogP contribution is 2.11. The number of hydrogen-bond acceptors (Lipinski definition) is 4. The second kappa shape index (κ2) is 10.3. The lowest BCUT2D eigenvalue weighted by Crippen LogP contribution is -2.42. The Hall–Kier alpha value is -0.880. The fourth-order valence-corrected chi connectivity index (χ4v) is 4.33. The van der Waals surface area contributed by atoms with E-state index in [-0.39, 0.29) is 29.7 Å². The van der Waals surface area contributed by atoms with Crippen molar-refractivity contribution in [3.05, 3.63) is 17.5 Å². The molecule has 10 heteroatoms. The molecule has 1 aliphatic rings. The monoisotopic (exact) mass is 484 g/mol. The molecule has 0 amide bonds. The van der Waals surface area contributed by atoms with Crippen LogP contribution in [0.4, 0.5) is 0 Å². The molecule has 0 atom stereocenters. The molecule has 0 aromatic carbocycles. The molecule has 2 N–H and O–H groups in total. The molecular formula is C15H29IN6O2S. The molecule has 1 aromatic heterocycles. The minimum Gasteiger partial charge on any atom is -0.356 e. The van der Waals surface area contributed by atoms with Gasteiger partial charge in [0.2, 0.25) is 10.0 Å². The van der Waals surface area contributed by atoms with E-state index in [0.29, 0.717) is 25.6 Å². The van der Waals surface area contributed by atoms with Gasteiger partial charge in [-0.1, -0.05) is 0 Å². The third-order valence-corrected chi connectivity index (χ3v) is 5.98. The van der Waals surface area contributed by atoms with Crippen molar-refractivity contribution in [2.45, 2.75) is 33.2 Å². The van der Waals surface area contributed by atoms with Crippen LogP contribution in [0.5, 0.6) is 0 Å². The highest BCUT2D eigenvalue weighted by molar-refractivity contribution is 14.0. The van der Waals surface area contributed by atoms with E-state index in [1.54, 1.807) is 7.05 Å². The first kappa shape index (κ1) is 22.2. The van der Waals surface area contributed by atoms with Crippen molar-refractivity contribution in [1.82, 2.24) is 24.7 Å². The Kier molecular flexibility index (Phi) is 9.14. The maximum absolute atomic E-state index is 11.7. The van der Waals surface area contributed by atoms with Crippen LogP contribution in [0.15, 0.2) is 11.1 Å². The molecule has 2 rings (SSSR count). The predicted molar refractivity (Wildman–Crippen MR) is 111 cm³/mol. The summed E-state index contributed by atoms with van der Waals surface area (Å²) in [5.74, 6) is 0.965. The number of sulfonamides is 1. The van der Waals surface area contributed by atoms with E-state index < -0.39 is 10.0 Å². The van der Waals surface area contributed by atoms with Gasteiger partial charge in [0.05, 0.1) is 11.4 Å². The number of aryl methyl sites for hydroxylation is 3. The lowest BCUT2D eigenvalue weighted by molar-refractivity contribution is 0.445. The van der Waals surface area contributed by atoms with Gasteiger partial charge in [-0.05, 0) is 32.8 Å². The zero-order valence-corrected chi connectivity index (χ0v) is 18.3. The summed E-state index contributed by atoms with van der Waals surface area (Å²) in [6, 6.07) is 2.07. The van der Waals surface area contributed by atoms with Crippen LogP contribution >= 0.6 is 24.0 Å². The van der Waals surface area contributed by atoms with Crippen LogP contribution in [0.1, 0.15) is 24.2 Å². The first-order valence-electron chi connectivity index (χ1n) is 8.36. The first-order valence-corrected chi connectivity index (χ1v) is 9.96. The molecule has 1 aromatic rings. The minimum atomic E-state index is -3.02. The van der Waals surface area contributed by atoms with Gasteiger partial charge >= 0.3 is 0 Å². The Morgan fingerprint density at radius 2 is 2.00 bits per heavy atom. The largest absolute Gasteiger partial charge is 0.356 e. The zero-order valence-electron chi connectivity index (χ0n) is 15.2. The van der Waals surface area contributed by atoms with E-state index in [9.17, 15) is 8.42 Å². The molecule has 2 heterocycles. The van der Waals surface area contributed by atoms with Crippen molar-refractivity contribution < 1.29 is 8.42 Å². The molecule has 0 unspecified atom stereocenters. The van der Waals surface area contributed by atoms with Crippen LogP contribution in [0.2, 0.25) is 0 Å². The van der Waals surface area contributed by atoms with E-state index in [1.807, 2.05) is 11.6 Å². The number of guanidine groups is 1. The van der Waals surface area contributed by atoms with E-state index in [1.165, 1.54) is 10.00 Å². The summed E-state index contributed by atoms with van der Waals surface area (Å²) in [6.07, 6.45) is 1.66. The van der Waals surface area contributed by atoms with Crippen LogP contribution in [0.3, 0.4) is 0 Å². The first-order chi connectivity index (χ1) is 11.4. The average Bonchev–Trinajstić information content (AvgIpc) is 3.02. The zero-order chi connectivity index (χ0) is 17.6. The molecule has 8 nitrogen and oxygen atoms in total. The third-order valence-electron chi connectivity index (χ3n) is 4.02. The summed E-state index contributed by atoms with van der Waals surface area (Å²) < 4.78 is 27.0. The van der Waals surface area contributed by atoms with Crippen LogP contribution in [-0.2, 0) is 16.6 Å². The molecule has 25 heavy (non-hydrogen) atoms. The summed E-state index contributed by atoms with van der Waals surface area (Å²) >= 11 is 0. The summed E-state index contributed by atoms with van der Waals surface area (Å²) in [4.78, 5) is 4.16. The van der Waals surface area contributed by atoms with E-state index in [0.717, 1.165) is 31.6 Å². The molecule has 0 spiro atoms. The van der Waals surface area contributed by atoms with Gasteiger partial charge in [0, 0.05) is 45.5 Å². The molecular weight excluding hydrogens is 455 g/mol. The maximum Gasteiger partial charge on any atom is 0.214 e. The molecule has 0 radical (unpaired) electrons. The average molecular weight is 484 g/mol. The fraction of sp³-hybridized carbons (Fsp3) is 0.733. The number of nitrogens with one attached hydrogen (secondary N) is 2. The van der Waals surface area contributed by atoms with Crippen LogP contribution in [0, 0.1) is 13.8 Å². The molecule has 1 fully saturated rings. The number of halogens is 1. The number of aliphatic imine (C=N–C) groups is 1. The van der Waals surface area contributed by atoms with E-state index in [4.69, 9.17) is 0 Å². The quantitative estimate of drug-likeness (QED) is 0.258. The summed E-state index contributed by atoms with van der Waals surface area (Å²) in [5.41, 5.74) is 2.21. The number of hydrogen-bond donors (Lipinski definition) is 2. The van der Waals surface area contributed by atoms with Gasteiger partial charge in [-0.3, -0.25) is 9.67 Å². The van der Waals surface area contributed by atoms with Gasteiger partial charge in [-0.15, -0.1) is 24.0 Å². The summed E-state index contributed by atoms with van der Waals surface area (Å²) in [6.45, 7) is 7.34. The summed E-state index contributed by atoms with van der Waals surface area (Å²) in [5, 5.41) is 10.8. The van der Waals surface area contributed by atoms with Crippen molar-refractivity contribution in [3.63, 3.8) is 0 Å². The van der Waals surface area contributed by atoms with Crippen LogP contribution in [0.25, 0.3) is 0 Å². The smallest absolute Gasteiger partial charge is 0.214 e. The van der Waals surface area contributed by atoms with Gasteiger partial charge in [0.25, 0.3) is 0 Å². The number of rotatable bonds is 7. The molecule has 0 aliphatic carbocycles. The van der Waals surface area contributed by atoms with E-state index >= 15 is 0 Å². The van der Waals surface area contributed by atoms with Crippen molar-refractivity contribution in [1.29, 1.82) is 0 Å². The molecule has 144 valence electrons. The molecule has 0 saturated carbocycles. The summed E-state index contributed by atoms with van der Waals surface area (Å²) in [7, 11) is -1.31. The van der Waals surface area contributed by atoms with Crippen molar-refractivity contribution in [2.24, 2.45) is 4.99 Å². The SMILES string of the molecule is CN=C(NCCCn1nc(C)cc1C)NCCN1CCCS1(=O)=O.I. The minimum absolute atomic E-state index is 0. The van der Waals surface area contributed by atoms with Crippen molar-refractivity contribution in [3.8, 4) is 0 Å². The highest BCUT2D eigenvalue weighted by Gasteiger charge is 2.27. The van der Waals surface area contributed by atoms with Crippen molar-refractivity contribution >= 4 is 40.0 Å². The molecule has 1 saturated heterocycles. The normalized spacial score (nSPS) is 17.3. The number of nitrogens with zero attached hydrogens (tertiary/aromatic N) is 4. The number of aromatic nitrogens is 2. The van der Waals surface area contributed by atoms with E-state index in [2.05, 4.69) is 33.7 Å². The topological polar surface area (TPSA) is 91.6 Å². The van der Waals surface area contributed by atoms with Crippen molar-refractivity contribution in [2.75, 3.05) is 39.0 Å². The standard InChI is InChI=1S/C15H28N6O2S.HI/c1-13-12-14(2)21(19-13)9-4-6-17-15(16-3)18-7-10-20-8-5-11-24(20,22)23;/h12H,4-11H2,1-3H3,(H2,16,17,18);1H. The van der Waals surface area contributed by atoms with Crippen LogP contribution in [-0.4, -0.2) is 67.4 Å². The lowest BCUT2D eigenvalue weighted by atomic mass is 10.4. The highest BCUT2D eigenvalue weighted by atomic mass is 127. The second-order valence-corrected chi connectivity index (χ2v) is 8.09. The predicted octanol–water partition coefficient (Wildman–Crippen LogP) is 0.709. The van der Waals surface area contributed by atoms with Gasteiger partial charge in [-0.25, -0.2) is 12.7 Å². The lowest BCUT2D eigenvalue weighted by Gasteiger charge is -2.16. The Morgan fingerprint density at radius 1 is 1.28 bits per heavy atom. The van der Waals surface area contributed by atoms with Gasteiger partial charge in [0.15, 0.2) is 5.96 Å². The molecule has 0 bridgehead atoms. The Morgan fingerprint density at radius 3 is 2.56 bits per heavy atom. The Bertz CT molecular complexity index is 674. The van der Waals surface area contributed by atoms with Crippen LogP contribution < -0.4 is 10.6 Å². The van der Waals surface area contributed by atoms with Gasteiger partial charge in [0.1, 0.15) is 0 Å². The fourth-order valence-electron chi connectivity index (χ4n) is 2.80.